The normalized spacial score (nSPS) is 11.6. The highest BCUT2D eigenvalue weighted by Gasteiger charge is 2.29. The third kappa shape index (κ3) is 5.88. The lowest BCUT2D eigenvalue weighted by Crippen LogP contribution is -2.38. The number of nitrogens with zero attached hydrogens (tertiary/aromatic N) is 2. The van der Waals surface area contributed by atoms with Crippen LogP contribution in [-0.4, -0.2) is 35.8 Å². The lowest BCUT2D eigenvalue weighted by atomic mass is 10.1. The van der Waals surface area contributed by atoms with Crippen molar-refractivity contribution in [1.29, 1.82) is 0 Å². The minimum absolute atomic E-state index is 0.00855. The Kier molecular flexibility index (Phi) is 6.80. The van der Waals surface area contributed by atoms with Crippen molar-refractivity contribution < 1.29 is 18.0 Å². The molecule has 140 valence electrons. The van der Waals surface area contributed by atoms with Gasteiger partial charge in [0.25, 0.3) is 0 Å². The van der Waals surface area contributed by atoms with Gasteiger partial charge in [-0.05, 0) is 37.2 Å². The van der Waals surface area contributed by atoms with E-state index in [-0.39, 0.29) is 12.5 Å². The lowest BCUT2D eigenvalue weighted by Gasteiger charge is -2.24. The van der Waals surface area contributed by atoms with Crippen LogP contribution in [0, 0.1) is 0 Å². The van der Waals surface area contributed by atoms with Gasteiger partial charge in [-0.25, -0.2) is 0 Å². The van der Waals surface area contributed by atoms with Crippen molar-refractivity contribution in [3.63, 3.8) is 0 Å². The molecule has 0 N–H and O–H groups in total. The molecule has 2 rings (SSSR count). The first-order chi connectivity index (χ1) is 12.3. The quantitative estimate of drug-likeness (QED) is 0.736. The van der Waals surface area contributed by atoms with Crippen LogP contribution in [0.25, 0.3) is 0 Å². The van der Waals surface area contributed by atoms with Crippen molar-refractivity contribution in [2.75, 3.05) is 20.1 Å². The molecule has 0 saturated carbocycles. The van der Waals surface area contributed by atoms with E-state index in [0.717, 1.165) is 23.3 Å². The Morgan fingerprint density at radius 3 is 2.04 bits per heavy atom. The molecule has 6 heteroatoms. The average Bonchev–Trinajstić information content (AvgIpc) is 2.60. The summed E-state index contributed by atoms with van der Waals surface area (Å²) < 4.78 is 37.8. The Labute approximate surface area is 152 Å². The summed E-state index contributed by atoms with van der Waals surface area (Å²) in [5.41, 5.74) is 1.13. The summed E-state index contributed by atoms with van der Waals surface area (Å²) >= 11 is 0. The largest absolute Gasteiger partial charge is 0.416 e. The molecule has 1 amide bonds. The first-order valence-electron chi connectivity index (χ1n) is 8.46. The van der Waals surface area contributed by atoms with Crippen LogP contribution in [0.1, 0.15) is 23.6 Å². The maximum atomic E-state index is 12.6. The van der Waals surface area contributed by atoms with Crippen LogP contribution in [0.2, 0.25) is 0 Å². The van der Waals surface area contributed by atoms with E-state index in [1.54, 1.807) is 16.8 Å². The first kappa shape index (κ1) is 20.0. The van der Waals surface area contributed by atoms with Crippen LogP contribution < -0.4 is 0 Å². The number of carbonyl (C=O) groups excluding carboxylic acids is 1. The molecule has 0 aliphatic carbocycles. The Morgan fingerprint density at radius 1 is 0.923 bits per heavy atom. The number of carbonyl (C=O) groups is 1. The van der Waals surface area contributed by atoms with E-state index in [0.29, 0.717) is 19.6 Å². The van der Waals surface area contributed by atoms with Gasteiger partial charge in [-0.2, -0.15) is 13.2 Å². The lowest BCUT2D eigenvalue weighted by molar-refractivity contribution is -0.137. The van der Waals surface area contributed by atoms with Crippen molar-refractivity contribution in [2.45, 2.75) is 26.2 Å². The molecule has 0 saturated heterocycles. The van der Waals surface area contributed by atoms with Crippen molar-refractivity contribution in [2.24, 2.45) is 0 Å². The highest BCUT2D eigenvalue weighted by Crippen LogP contribution is 2.29. The van der Waals surface area contributed by atoms with Crippen molar-refractivity contribution in [3.8, 4) is 0 Å². The number of benzene rings is 2. The molecule has 2 aromatic rings. The summed E-state index contributed by atoms with van der Waals surface area (Å²) in [4.78, 5) is 16.1. The average molecular weight is 364 g/mol. The maximum Gasteiger partial charge on any atom is 0.416 e. The number of alkyl halides is 3. The number of halogens is 3. The van der Waals surface area contributed by atoms with Crippen molar-refractivity contribution in [1.82, 2.24) is 9.80 Å². The van der Waals surface area contributed by atoms with Gasteiger partial charge in [-0.3, -0.25) is 9.69 Å². The maximum absolute atomic E-state index is 12.6. The van der Waals surface area contributed by atoms with Gasteiger partial charge in [0.1, 0.15) is 0 Å². The van der Waals surface area contributed by atoms with Gasteiger partial charge in [0.15, 0.2) is 0 Å². The van der Waals surface area contributed by atoms with Crippen LogP contribution in [0.4, 0.5) is 13.2 Å². The second-order valence-electron chi connectivity index (χ2n) is 6.26. The fourth-order valence-electron chi connectivity index (χ4n) is 2.68. The van der Waals surface area contributed by atoms with E-state index in [9.17, 15) is 18.0 Å². The van der Waals surface area contributed by atoms with Crippen molar-refractivity contribution in [3.05, 3.63) is 71.3 Å². The van der Waals surface area contributed by atoms with Gasteiger partial charge >= 0.3 is 6.18 Å². The number of hydrogen-bond acceptors (Lipinski definition) is 2. The van der Waals surface area contributed by atoms with Crippen LogP contribution >= 0.6 is 0 Å². The molecular weight excluding hydrogens is 341 g/mol. The zero-order valence-corrected chi connectivity index (χ0v) is 15.0. The molecule has 0 heterocycles. The topological polar surface area (TPSA) is 23.6 Å². The predicted octanol–water partition coefficient (Wildman–Crippen LogP) is 4.19. The molecule has 0 atom stereocenters. The molecule has 0 fully saturated rings. The number of rotatable bonds is 7. The fourth-order valence-corrected chi connectivity index (χ4v) is 2.68. The number of amides is 1. The highest BCUT2D eigenvalue weighted by atomic mass is 19.4. The Balaban J connectivity index is 1.91. The van der Waals surface area contributed by atoms with E-state index >= 15 is 0 Å². The number of likely N-dealkylation sites (N-methyl/N-ethyl adjacent to an activating group) is 2. The minimum atomic E-state index is -4.33. The summed E-state index contributed by atoms with van der Waals surface area (Å²) in [7, 11) is 1.78. The SMILES string of the molecule is CCN(Cc1ccccc1)C(=O)CN(C)Cc1ccc(C(F)(F)F)cc1. The van der Waals surface area contributed by atoms with Crippen LogP contribution in [0.3, 0.4) is 0 Å². The summed E-state index contributed by atoms with van der Waals surface area (Å²) in [5, 5.41) is 0. The molecule has 0 spiro atoms. The van der Waals surface area contributed by atoms with Gasteiger partial charge in [0.2, 0.25) is 5.91 Å². The van der Waals surface area contributed by atoms with Crippen LogP contribution in [-0.2, 0) is 24.1 Å². The molecule has 0 aromatic heterocycles. The zero-order valence-electron chi connectivity index (χ0n) is 15.0. The molecule has 3 nitrogen and oxygen atoms in total. The second-order valence-corrected chi connectivity index (χ2v) is 6.26. The van der Waals surface area contributed by atoms with E-state index in [1.165, 1.54) is 12.1 Å². The van der Waals surface area contributed by atoms with Crippen LogP contribution in [0.5, 0.6) is 0 Å². The Morgan fingerprint density at radius 2 is 1.50 bits per heavy atom. The number of hydrogen-bond donors (Lipinski definition) is 0. The standard InChI is InChI=1S/C20H23F3N2O/c1-3-25(14-16-7-5-4-6-8-16)19(26)15-24(2)13-17-9-11-18(12-10-17)20(21,22)23/h4-12H,3,13-15H2,1-2H3. The summed E-state index contributed by atoms with van der Waals surface area (Å²) in [6.07, 6.45) is -4.33. The summed E-state index contributed by atoms with van der Waals surface area (Å²) in [6.45, 7) is 3.69. The van der Waals surface area contributed by atoms with Gasteiger partial charge in [0, 0.05) is 19.6 Å². The molecular formula is C20H23F3N2O. The third-order valence-electron chi connectivity index (χ3n) is 4.09. The molecule has 0 aliphatic heterocycles. The van der Waals surface area contributed by atoms with Crippen LogP contribution in [0.15, 0.2) is 54.6 Å². The highest BCUT2D eigenvalue weighted by molar-refractivity contribution is 5.78. The predicted molar refractivity (Wildman–Crippen MR) is 95.3 cm³/mol. The smallest absolute Gasteiger partial charge is 0.338 e. The molecule has 2 aromatic carbocycles. The second kappa shape index (κ2) is 8.85. The van der Waals surface area contributed by atoms with Gasteiger partial charge < -0.3 is 4.90 Å². The third-order valence-corrected chi connectivity index (χ3v) is 4.09. The molecule has 0 aliphatic rings. The summed E-state index contributed by atoms with van der Waals surface area (Å²) in [5.74, 6) is -0.00855. The fraction of sp³-hybridized carbons (Fsp3) is 0.350. The van der Waals surface area contributed by atoms with E-state index in [4.69, 9.17) is 0 Å². The minimum Gasteiger partial charge on any atom is -0.338 e. The van der Waals surface area contributed by atoms with E-state index in [2.05, 4.69) is 0 Å². The first-order valence-corrected chi connectivity index (χ1v) is 8.46. The Hall–Kier alpha value is -2.34. The molecule has 0 radical (unpaired) electrons. The Bertz CT molecular complexity index is 699. The van der Waals surface area contributed by atoms with E-state index < -0.39 is 11.7 Å². The van der Waals surface area contributed by atoms with Gasteiger partial charge in [-0.1, -0.05) is 42.5 Å². The molecule has 26 heavy (non-hydrogen) atoms. The molecule has 0 unspecified atom stereocenters. The monoisotopic (exact) mass is 364 g/mol. The van der Waals surface area contributed by atoms with Gasteiger partial charge in [-0.15, -0.1) is 0 Å². The molecule has 0 bridgehead atoms. The zero-order chi connectivity index (χ0) is 19.2. The summed E-state index contributed by atoms with van der Waals surface area (Å²) in [6, 6.07) is 14.8. The van der Waals surface area contributed by atoms with E-state index in [1.807, 2.05) is 37.3 Å². The van der Waals surface area contributed by atoms with Gasteiger partial charge in [0.05, 0.1) is 12.1 Å². The van der Waals surface area contributed by atoms with Crippen molar-refractivity contribution >= 4 is 5.91 Å².